The first-order valence-corrected chi connectivity index (χ1v) is 4.55. The molecule has 2 unspecified atom stereocenters. The molecule has 0 aromatic rings. The van der Waals surface area contributed by atoms with Crippen molar-refractivity contribution >= 4 is 18.4 Å². The lowest BCUT2D eigenvalue weighted by atomic mass is 9.72. The zero-order valence-electron chi connectivity index (χ0n) is 7.95. The summed E-state index contributed by atoms with van der Waals surface area (Å²) in [5.41, 5.74) is 5.58. The summed E-state index contributed by atoms with van der Waals surface area (Å²) >= 11 is 0. The number of hydrogen-bond donors (Lipinski definition) is 2. The van der Waals surface area contributed by atoms with E-state index in [0.717, 1.165) is 19.3 Å². The Balaban J connectivity index is 0.00000144. The van der Waals surface area contributed by atoms with Crippen LogP contribution in [0, 0.1) is 5.92 Å². The predicted octanol–water partition coefficient (Wildman–Crippen LogP) is 1.79. The van der Waals surface area contributed by atoms with Crippen molar-refractivity contribution in [2.45, 2.75) is 44.6 Å². The fraction of sp³-hybridized carbons (Fsp3) is 0.889. The van der Waals surface area contributed by atoms with Crippen molar-refractivity contribution in [3.05, 3.63) is 0 Å². The average molecular weight is 208 g/mol. The van der Waals surface area contributed by atoms with Crippen LogP contribution in [0.25, 0.3) is 0 Å². The van der Waals surface area contributed by atoms with Gasteiger partial charge in [-0.2, -0.15) is 0 Å². The molecule has 0 aliphatic heterocycles. The van der Waals surface area contributed by atoms with Gasteiger partial charge in [-0.15, -0.1) is 12.4 Å². The van der Waals surface area contributed by atoms with Gasteiger partial charge in [0.05, 0.1) is 6.42 Å². The highest BCUT2D eigenvalue weighted by molar-refractivity contribution is 5.85. The molecule has 1 aliphatic rings. The number of halogens is 1. The van der Waals surface area contributed by atoms with Crippen molar-refractivity contribution in [2.24, 2.45) is 11.7 Å². The van der Waals surface area contributed by atoms with E-state index >= 15 is 0 Å². The van der Waals surface area contributed by atoms with Crippen molar-refractivity contribution in [3.8, 4) is 0 Å². The molecule has 0 amide bonds. The molecule has 2 atom stereocenters. The van der Waals surface area contributed by atoms with E-state index in [2.05, 4.69) is 6.92 Å². The van der Waals surface area contributed by atoms with Crippen LogP contribution in [0.5, 0.6) is 0 Å². The van der Waals surface area contributed by atoms with Crippen LogP contribution in [0.15, 0.2) is 0 Å². The Hall–Kier alpha value is -0.280. The highest BCUT2D eigenvalue weighted by atomic mass is 35.5. The van der Waals surface area contributed by atoms with Crippen LogP contribution in [-0.4, -0.2) is 16.6 Å². The summed E-state index contributed by atoms with van der Waals surface area (Å²) in [4.78, 5) is 10.5. The second-order valence-corrected chi connectivity index (χ2v) is 3.95. The maximum absolute atomic E-state index is 10.5. The van der Waals surface area contributed by atoms with Crippen molar-refractivity contribution in [2.75, 3.05) is 0 Å². The average Bonchev–Trinajstić information content (AvgIpc) is 1.94. The molecule has 0 saturated heterocycles. The fourth-order valence-corrected chi connectivity index (χ4v) is 1.98. The second-order valence-electron chi connectivity index (χ2n) is 3.95. The highest BCUT2D eigenvalue weighted by Gasteiger charge is 2.35. The van der Waals surface area contributed by atoms with Gasteiger partial charge in [-0.3, -0.25) is 4.79 Å². The summed E-state index contributed by atoms with van der Waals surface area (Å²) in [6.45, 7) is 2.06. The molecule has 0 aromatic heterocycles. The topological polar surface area (TPSA) is 63.3 Å². The van der Waals surface area contributed by atoms with Crippen LogP contribution in [0.4, 0.5) is 0 Å². The van der Waals surface area contributed by atoms with Gasteiger partial charge >= 0.3 is 5.97 Å². The first-order chi connectivity index (χ1) is 5.54. The van der Waals surface area contributed by atoms with Gasteiger partial charge in [-0.05, 0) is 18.8 Å². The van der Waals surface area contributed by atoms with Crippen molar-refractivity contribution < 1.29 is 9.90 Å². The molecular formula is C9H18ClNO2. The number of carboxylic acid groups (broad SMARTS) is 1. The third-order valence-electron chi connectivity index (χ3n) is 2.99. The molecule has 1 aliphatic carbocycles. The summed E-state index contributed by atoms with van der Waals surface area (Å²) < 4.78 is 0. The number of rotatable bonds is 2. The van der Waals surface area contributed by atoms with E-state index in [0.29, 0.717) is 5.92 Å². The standard InChI is InChI=1S/C9H17NO2.ClH/c1-7-4-2-3-5-9(7,10)6-8(11)12;/h7H,2-6,10H2,1H3,(H,11,12);1H. The van der Waals surface area contributed by atoms with Gasteiger partial charge in [0.15, 0.2) is 0 Å². The maximum atomic E-state index is 10.5. The molecule has 0 aromatic carbocycles. The van der Waals surface area contributed by atoms with Crippen LogP contribution in [0.3, 0.4) is 0 Å². The first-order valence-electron chi connectivity index (χ1n) is 4.55. The third-order valence-corrected chi connectivity index (χ3v) is 2.99. The van der Waals surface area contributed by atoms with E-state index in [9.17, 15) is 4.79 Å². The third kappa shape index (κ3) is 3.16. The summed E-state index contributed by atoms with van der Waals surface area (Å²) in [5, 5.41) is 8.67. The lowest BCUT2D eigenvalue weighted by molar-refractivity contribution is -0.139. The molecule has 1 fully saturated rings. The molecule has 4 heteroatoms. The monoisotopic (exact) mass is 207 g/mol. The first kappa shape index (κ1) is 12.7. The largest absolute Gasteiger partial charge is 0.481 e. The Labute approximate surface area is 85.1 Å². The number of nitrogens with two attached hydrogens (primary N) is 1. The Morgan fingerprint density at radius 3 is 2.69 bits per heavy atom. The molecule has 0 heterocycles. The smallest absolute Gasteiger partial charge is 0.305 e. The number of aliphatic carboxylic acids is 1. The van der Waals surface area contributed by atoms with Crippen molar-refractivity contribution in [3.63, 3.8) is 0 Å². The molecule has 0 radical (unpaired) electrons. The van der Waals surface area contributed by atoms with Gasteiger partial charge < -0.3 is 10.8 Å². The van der Waals surface area contributed by atoms with Gasteiger partial charge in [0.25, 0.3) is 0 Å². The van der Waals surface area contributed by atoms with Crippen LogP contribution in [0.2, 0.25) is 0 Å². The van der Waals surface area contributed by atoms with Crippen LogP contribution in [-0.2, 0) is 4.79 Å². The highest BCUT2D eigenvalue weighted by Crippen LogP contribution is 2.33. The Morgan fingerprint density at radius 1 is 1.62 bits per heavy atom. The number of carboxylic acids is 1. The van der Waals surface area contributed by atoms with E-state index in [1.54, 1.807) is 0 Å². The molecule has 13 heavy (non-hydrogen) atoms. The molecule has 0 bridgehead atoms. The summed E-state index contributed by atoms with van der Waals surface area (Å²) in [6.07, 6.45) is 4.33. The predicted molar refractivity (Wildman–Crippen MR) is 54.1 cm³/mol. The van der Waals surface area contributed by atoms with E-state index < -0.39 is 11.5 Å². The molecule has 3 nitrogen and oxygen atoms in total. The molecule has 1 saturated carbocycles. The Bertz CT molecular complexity index is 186. The van der Waals surface area contributed by atoms with E-state index in [1.807, 2.05) is 0 Å². The van der Waals surface area contributed by atoms with E-state index in [4.69, 9.17) is 10.8 Å². The zero-order chi connectivity index (χ0) is 9.19. The molecule has 78 valence electrons. The zero-order valence-corrected chi connectivity index (χ0v) is 8.77. The fourth-order valence-electron chi connectivity index (χ4n) is 1.98. The summed E-state index contributed by atoms with van der Waals surface area (Å²) in [6, 6.07) is 0. The van der Waals surface area contributed by atoms with Crippen LogP contribution < -0.4 is 5.73 Å². The van der Waals surface area contributed by atoms with Gasteiger partial charge in [-0.25, -0.2) is 0 Å². The molecule has 0 spiro atoms. The SMILES string of the molecule is CC1CCCCC1(N)CC(=O)O.Cl. The normalized spacial score (nSPS) is 33.5. The van der Waals surface area contributed by atoms with Gasteiger partial charge in [0, 0.05) is 5.54 Å². The second kappa shape index (κ2) is 4.82. The van der Waals surface area contributed by atoms with Crippen LogP contribution >= 0.6 is 12.4 Å². The lowest BCUT2D eigenvalue weighted by Crippen LogP contribution is -2.49. The van der Waals surface area contributed by atoms with E-state index in [1.165, 1.54) is 6.42 Å². The quantitative estimate of drug-likeness (QED) is 0.726. The van der Waals surface area contributed by atoms with Crippen LogP contribution in [0.1, 0.15) is 39.0 Å². The van der Waals surface area contributed by atoms with Crippen molar-refractivity contribution in [1.82, 2.24) is 0 Å². The van der Waals surface area contributed by atoms with Crippen molar-refractivity contribution in [1.29, 1.82) is 0 Å². The van der Waals surface area contributed by atoms with E-state index in [-0.39, 0.29) is 18.8 Å². The lowest BCUT2D eigenvalue weighted by Gasteiger charge is -2.38. The molecule has 1 rings (SSSR count). The maximum Gasteiger partial charge on any atom is 0.305 e. The summed E-state index contributed by atoms with van der Waals surface area (Å²) in [7, 11) is 0. The Morgan fingerprint density at radius 2 is 2.23 bits per heavy atom. The minimum Gasteiger partial charge on any atom is -0.481 e. The minimum atomic E-state index is -0.772. The molecule has 3 N–H and O–H groups in total. The number of hydrogen-bond acceptors (Lipinski definition) is 2. The minimum absolute atomic E-state index is 0. The molecular weight excluding hydrogens is 190 g/mol. The number of carbonyl (C=O) groups is 1. The van der Waals surface area contributed by atoms with Gasteiger partial charge in [0.1, 0.15) is 0 Å². The Kier molecular flexibility index (Phi) is 4.71. The van der Waals surface area contributed by atoms with Gasteiger partial charge in [-0.1, -0.05) is 19.8 Å². The van der Waals surface area contributed by atoms with Gasteiger partial charge in [0.2, 0.25) is 0 Å². The summed E-state index contributed by atoms with van der Waals surface area (Å²) in [5.74, 6) is -0.423.